The number of quaternary nitrogens is 2. The molecule has 0 N–H and O–H groups in total. The minimum Gasteiger partial charge on any atom is -0.322 e. The Labute approximate surface area is 245 Å². The summed E-state index contributed by atoms with van der Waals surface area (Å²) in [4.78, 5) is 21.1. The Morgan fingerprint density at radius 2 is 0.902 bits per heavy atom. The zero-order chi connectivity index (χ0) is 29.3. The Bertz CT molecular complexity index is 1030. The molecule has 0 aromatic heterocycles. The van der Waals surface area contributed by atoms with Gasteiger partial charge in [0.25, 0.3) is 11.4 Å². The third kappa shape index (κ3) is 9.60. The second-order valence-electron chi connectivity index (χ2n) is 13.5. The van der Waals surface area contributed by atoms with Crippen molar-refractivity contribution in [2.45, 2.75) is 83.7 Å². The molecule has 0 bridgehead atoms. The average Bonchev–Trinajstić information content (AvgIpc) is 2.95. The van der Waals surface area contributed by atoms with Gasteiger partial charge < -0.3 is 8.97 Å². The highest BCUT2D eigenvalue weighted by molar-refractivity contribution is 5.33. The van der Waals surface area contributed by atoms with Crippen molar-refractivity contribution in [3.63, 3.8) is 0 Å². The van der Waals surface area contributed by atoms with E-state index in [9.17, 15) is 20.2 Å². The largest absolute Gasteiger partial charge is 0.322 e. The molecule has 2 aromatic carbocycles. The maximum Gasteiger partial charge on any atom is 0.269 e. The smallest absolute Gasteiger partial charge is 0.269 e. The number of likely N-dealkylation sites (tertiary alicyclic amines) is 2. The quantitative estimate of drug-likeness (QED) is 0.102. The number of benzene rings is 2. The van der Waals surface area contributed by atoms with Crippen LogP contribution in [-0.2, 0) is 13.1 Å². The van der Waals surface area contributed by atoms with Crippen LogP contribution in [0.5, 0.6) is 0 Å². The second-order valence-corrected chi connectivity index (χ2v) is 13.5. The second kappa shape index (κ2) is 14.4. The summed E-state index contributed by atoms with van der Waals surface area (Å²) >= 11 is 0. The molecule has 0 spiro atoms. The zero-order valence-electron chi connectivity index (χ0n) is 25.2. The van der Waals surface area contributed by atoms with Gasteiger partial charge in [-0.2, -0.15) is 0 Å². The van der Waals surface area contributed by atoms with Gasteiger partial charge in [-0.1, -0.05) is 44.9 Å². The van der Waals surface area contributed by atoms with E-state index in [0.29, 0.717) is 0 Å². The number of unbranched alkanes of at least 4 members (excludes halogenated alkanes) is 4. The maximum atomic E-state index is 10.9. The van der Waals surface area contributed by atoms with Gasteiger partial charge in [-0.25, -0.2) is 0 Å². The minimum atomic E-state index is -0.328. The molecule has 0 radical (unpaired) electrons. The number of nitrogens with zero attached hydrogens (tertiary/aromatic N) is 4. The van der Waals surface area contributed by atoms with Crippen LogP contribution in [-0.4, -0.2) is 59.1 Å². The summed E-state index contributed by atoms with van der Waals surface area (Å²) in [5.41, 5.74) is 2.73. The van der Waals surface area contributed by atoms with Gasteiger partial charge in [0.1, 0.15) is 13.1 Å². The van der Waals surface area contributed by atoms with Crippen LogP contribution in [0.3, 0.4) is 0 Å². The zero-order valence-corrected chi connectivity index (χ0v) is 25.2. The van der Waals surface area contributed by atoms with Crippen LogP contribution in [0.2, 0.25) is 0 Å². The first-order valence-electron chi connectivity index (χ1n) is 15.8. The van der Waals surface area contributed by atoms with Crippen LogP contribution in [0.15, 0.2) is 48.5 Å². The van der Waals surface area contributed by atoms with Gasteiger partial charge in [-0.15, -0.1) is 0 Å². The topological polar surface area (TPSA) is 86.3 Å². The van der Waals surface area contributed by atoms with Crippen LogP contribution >= 0.6 is 0 Å². The Balaban J connectivity index is 1.03. The van der Waals surface area contributed by atoms with E-state index in [4.69, 9.17) is 0 Å². The van der Waals surface area contributed by atoms with Crippen LogP contribution in [0.4, 0.5) is 11.4 Å². The van der Waals surface area contributed by atoms with Gasteiger partial charge in [-0.3, -0.25) is 20.2 Å². The van der Waals surface area contributed by atoms with E-state index >= 15 is 0 Å². The molecule has 8 nitrogen and oxygen atoms in total. The average molecular weight is 567 g/mol. The number of hydrogen-bond acceptors (Lipinski definition) is 4. The lowest BCUT2D eigenvalue weighted by molar-refractivity contribution is -0.928. The molecule has 2 fully saturated rings. The molecule has 2 heterocycles. The molecule has 0 saturated carbocycles. The number of piperidine rings is 2. The summed E-state index contributed by atoms with van der Waals surface area (Å²) in [6, 6.07) is 14.2. The van der Waals surface area contributed by atoms with E-state index in [2.05, 4.69) is 14.1 Å². The molecular weight excluding hydrogens is 516 g/mol. The molecule has 0 atom stereocenters. The number of non-ortho nitro benzene ring substituents is 2. The van der Waals surface area contributed by atoms with Crippen LogP contribution in [0, 0.1) is 32.1 Å². The molecular formula is C33H50N4O4+2. The SMILES string of the molecule is C[N+]1(Cc2ccc([N+](=O)[O-])cc2)CCC(CCCCCCCC2CC[N+](C)(Cc3ccc([N+](=O)[O-])cc3)CC2)CC1. The van der Waals surface area contributed by atoms with Crippen molar-refractivity contribution >= 4 is 11.4 Å². The highest BCUT2D eigenvalue weighted by Gasteiger charge is 2.31. The van der Waals surface area contributed by atoms with Crippen LogP contribution in [0.25, 0.3) is 0 Å². The van der Waals surface area contributed by atoms with Crippen molar-refractivity contribution in [1.82, 2.24) is 0 Å². The van der Waals surface area contributed by atoms with Crippen molar-refractivity contribution < 1.29 is 18.8 Å². The van der Waals surface area contributed by atoms with E-state index in [1.54, 1.807) is 24.3 Å². The number of nitro benzene ring substituents is 2. The highest BCUT2D eigenvalue weighted by Crippen LogP contribution is 2.30. The number of hydrogen-bond donors (Lipinski definition) is 0. The van der Waals surface area contributed by atoms with Crippen molar-refractivity contribution in [3.8, 4) is 0 Å². The van der Waals surface area contributed by atoms with Gasteiger partial charge in [0.05, 0.1) is 50.1 Å². The molecule has 2 aliphatic heterocycles. The van der Waals surface area contributed by atoms with E-state index < -0.39 is 0 Å². The fourth-order valence-electron chi connectivity index (χ4n) is 7.11. The van der Waals surface area contributed by atoms with Crippen LogP contribution < -0.4 is 0 Å². The summed E-state index contributed by atoms with van der Waals surface area (Å²) in [6.07, 6.45) is 14.7. The standard InChI is InChI=1S/C33H50N4O4/c1-36(26-30-10-14-32(15-11-30)34(38)39)22-18-28(19-23-36)8-6-4-3-5-7-9-29-20-24-37(2,25-21-29)27-31-12-16-33(17-13-31)35(40)41/h10-17,28-29H,3-9,18-27H2,1-2H3/q+2. The third-order valence-corrected chi connectivity index (χ3v) is 9.96. The molecule has 8 heteroatoms. The fourth-order valence-corrected chi connectivity index (χ4v) is 7.11. The third-order valence-electron chi connectivity index (χ3n) is 9.96. The van der Waals surface area contributed by atoms with Crippen LogP contribution in [0.1, 0.15) is 81.8 Å². The van der Waals surface area contributed by atoms with Crippen molar-refractivity contribution in [2.75, 3.05) is 40.3 Å². The lowest BCUT2D eigenvalue weighted by Crippen LogP contribution is -2.48. The molecule has 0 aliphatic carbocycles. The van der Waals surface area contributed by atoms with Gasteiger partial charge in [0.15, 0.2) is 0 Å². The highest BCUT2D eigenvalue weighted by atomic mass is 16.6. The maximum absolute atomic E-state index is 10.9. The minimum absolute atomic E-state index is 0.171. The lowest BCUT2D eigenvalue weighted by Gasteiger charge is -2.41. The van der Waals surface area contributed by atoms with Gasteiger partial charge >= 0.3 is 0 Å². The fraction of sp³-hybridized carbons (Fsp3) is 0.636. The Morgan fingerprint density at radius 3 is 1.22 bits per heavy atom. The summed E-state index contributed by atoms with van der Waals surface area (Å²) in [7, 11) is 4.67. The molecule has 2 aliphatic rings. The van der Waals surface area contributed by atoms with E-state index in [1.807, 2.05) is 24.3 Å². The Kier molecular flexibility index (Phi) is 10.9. The van der Waals surface area contributed by atoms with Gasteiger partial charge in [0.2, 0.25) is 0 Å². The van der Waals surface area contributed by atoms with Gasteiger partial charge in [-0.05, 0) is 61.8 Å². The summed E-state index contributed by atoms with van der Waals surface area (Å²) in [5, 5.41) is 21.8. The number of rotatable bonds is 14. The lowest BCUT2D eigenvalue weighted by atomic mass is 9.88. The van der Waals surface area contributed by atoms with Crippen molar-refractivity contribution in [3.05, 3.63) is 79.9 Å². The molecule has 2 saturated heterocycles. The normalized spacial score (nSPS) is 26.5. The first-order valence-corrected chi connectivity index (χ1v) is 15.8. The molecule has 0 unspecified atom stereocenters. The van der Waals surface area contributed by atoms with E-state index in [0.717, 1.165) is 33.9 Å². The summed E-state index contributed by atoms with van der Waals surface area (Å²) < 4.78 is 2.09. The first kappa shape index (κ1) is 31.1. The van der Waals surface area contributed by atoms with Gasteiger partial charge in [0, 0.05) is 35.4 Å². The predicted molar refractivity (Wildman–Crippen MR) is 163 cm³/mol. The molecule has 41 heavy (non-hydrogen) atoms. The van der Waals surface area contributed by atoms with Crippen molar-refractivity contribution in [2.24, 2.45) is 11.8 Å². The van der Waals surface area contributed by atoms with E-state index in [-0.39, 0.29) is 21.2 Å². The monoisotopic (exact) mass is 566 g/mol. The summed E-state index contributed by atoms with van der Waals surface area (Å²) in [6.45, 7) is 6.74. The van der Waals surface area contributed by atoms with Crippen molar-refractivity contribution in [1.29, 1.82) is 0 Å². The molecule has 0 amide bonds. The Morgan fingerprint density at radius 1 is 0.585 bits per heavy atom. The molecule has 224 valence electrons. The van der Waals surface area contributed by atoms with E-state index in [1.165, 1.54) is 108 Å². The Hall–Kier alpha value is -2.84. The predicted octanol–water partition coefficient (Wildman–Crippen LogP) is 7.65. The molecule has 2 aromatic rings. The number of nitro groups is 2. The molecule has 4 rings (SSSR count). The summed E-state index contributed by atoms with van der Waals surface area (Å²) in [5.74, 6) is 1.72. The first-order chi connectivity index (χ1) is 19.6.